The Labute approximate surface area is 196 Å². The predicted molar refractivity (Wildman–Crippen MR) is 120 cm³/mol. The number of pyridine rings is 2. The van der Waals surface area contributed by atoms with E-state index in [2.05, 4.69) is 20.8 Å². The molecule has 0 fully saturated rings. The van der Waals surface area contributed by atoms with E-state index in [1.165, 1.54) is 0 Å². The molecule has 0 unspecified atom stereocenters. The van der Waals surface area contributed by atoms with E-state index in [9.17, 15) is 10.2 Å². The second kappa shape index (κ2) is 9.03. The van der Waals surface area contributed by atoms with E-state index in [0.29, 0.717) is 28.2 Å². The fourth-order valence-corrected chi connectivity index (χ4v) is 3.34. The minimum atomic E-state index is -0.105. The molecule has 0 atom stereocenters. The molecule has 0 radical (unpaired) electrons. The van der Waals surface area contributed by atoms with Crippen LogP contribution in [0.3, 0.4) is 0 Å². The number of phenols is 2. The molecule has 4 nitrogen and oxygen atoms in total. The molecule has 0 saturated heterocycles. The molecule has 4 aromatic rings. The van der Waals surface area contributed by atoms with Crippen LogP contribution in [0.25, 0.3) is 33.9 Å². The number of hydrogen-bond donors (Lipinski definition) is 2. The second-order valence-corrected chi connectivity index (χ2v) is 8.32. The number of hydrogen-bond acceptors (Lipinski definition) is 4. The summed E-state index contributed by atoms with van der Waals surface area (Å²) in [7, 11) is 0. The van der Waals surface area contributed by atoms with E-state index in [-0.39, 0.29) is 38.0 Å². The van der Waals surface area contributed by atoms with Crippen LogP contribution in [0.5, 0.6) is 11.5 Å². The molecule has 160 valence electrons. The summed E-state index contributed by atoms with van der Waals surface area (Å²) in [6.45, 7) is 6.44. The van der Waals surface area contributed by atoms with Gasteiger partial charge < -0.3 is 10.2 Å². The topological polar surface area (TPSA) is 66.2 Å². The van der Waals surface area contributed by atoms with Gasteiger partial charge >= 0.3 is 0 Å². The monoisotopic (exact) mass is 591 g/mol. The van der Waals surface area contributed by atoms with Gasteiger partial charge in [-0.1, -0.05) is 51.1 Å². The molecular formula is C26H24N2O2Pt. The number of aromatic nitrogens is 2. The van der Waals surface area contributed by atoms with Gasteiger partial charge in [0.2, 0.25) is 0 Å². The van der Waals surface area contributed by atoms with Crippen molar-refractivity contribution >= 4 is 0 Å². The number of phenolic OH excluding ortho intramolecular Hbond substituents is 2. The van der Waals surface area contributed by atoms with Crippen LogP contribution < -0.4 is 0 Å². The smallest absolute Gasteiger partial charge is 0.124 e. The summed E-state index contributed by atoms with van der Waals surface area (Å²) in [6.07, 6.45) is 0. The molecule has 31 heavy (non-hydrogen) atoms. The largest absolute Gasteiger partial charge is 0.507 e. The number of aromatic hydroxyl groups is 2. The zero-order valence-electron chi connectivity index (χ0n) is 17.6. The number of benzene rings is 2. The third-order valence-corrected chi connectivity index (χ3v) is 5.06. The fraction of sp³-hybridized carbons (Fsp3) is 0.154. The Hall–Kier alpha value is -2.97. The Kier molecular flexibility index (Phi) is 6.62. The Morgan fingerprint density at radius 2 is 1.06 bits per heavy atom. The molecule has 5 heteroatoms. The summed E-state index contributed by atoms with van der Waals surface area (Å²) >= 11 is 0. The third-order valence-electron chi connectivity index (χ3n) is 5.06. The summed E-state index contributed by atoms with van der Waals surface area (Å²) in [5, 5.41) is 20.6. The average molecular weight is 592 g/mol. The van der Waals surface area contributed by atoms with Crippen molar-refractivity contribution in [2.24, 2.45) is 0 Å². The van der Waals surface area contributed by atoms with Crippen molar-refractivity contribution in [2.75, 3.05) is 0 Å². The Bertz CT molecular complexity index is 1220. The molecule has 2 heterocycles. The Morgan fingerprint density at radius 1 is 0.581 bits per heavy atom. The molecule has 2 N–H and O–H groups in total. The zero-order chi connectivity index (χ0) is 21.3. The molecule has 0 bridgehead atoms. The Morgan fingerprint density at radius 3 is 1.65 bits per heavy atom. The van der Waals surface area contributed by atoms with E-state index in [0.717, 1.165) is 11.3 Å². The summed E-state index contributed by atoms with van der Waals surface area (Å²) in [5.74, 6) is 0.381. The molecular weight excluding hydrogens is 567 g/mol. The van der Waals surface area contributed by atoms with Crippen LogP contribution in [0.2, 0.25) is 0 Å². The van der Waals surface area contributed by atoms with E-state index in [1.54, 1.807) is 24.3 Å². The van der Waals surface area contributed by atoms with Crippen LogP contribution in [0, 0.1) is 0 Å². The summed E-state index contributed by atoms with van der Waals surface area (Å²) < 4.78 is 0. The Balaban J connectivity index is 0.00000272. The maximum atomic E-state index is 10.4. The van der Waals surface area contributed by atoms with Gasteiger partial charge in [0.25, 0.3) is 0 Å². The predicted octanol–water partition coefficient (Wildman–Crippen LogP) is 6.18. The van der Waals surface area contributed by atoms with Crippen molar-refractivity contribution < 1.29 is 31.3 Å². The maximum absolute atomic E-state index is 10.4. The molecule has 2 aromatic carbocycles. The van der Waals surface area contributed by atoms with Gasteiger partial charge in [-0.3, -0.25) is 0 Å². The molecule has 0 aliphatic rings. The van der Waals surface area contributed by atoms with Crippen LogP contribution in [-0.2, 0) is 26.5 Å². The minimum Gasteiger partial charge on any atom is -0.507 e. The maximum Gasteiger partial charge on any atom is 0.124 e. The SMILES string of the molecule is CC(C)(C)c1cc(-c2cccc(-c3ccccc3O)n2)nc(-c2ccccc2O)c1.[Pt]. The van der Waals surface area contributed by atoms with Crippen LogP contribution in [-0.4, -0.2) is 20.2 Å². The molecule has 0 aliphatic carbocycles. The van der Waals surface area contributed by atoms with Crippen molar-refractivity contribution in [3.63, 3.8) is 0 Å². The second-order valence-electron chi connectivity index (χ2n) is 8.32. The molecule has 4 rings (SSSR count). The quantitative estimate of drug-likeness (QED) is 0.299. The van der Waals surface area contributed by atoms with Crippen LogP contribution >= 0.6 is 0 Å². The van der Waals surface area contributed by atoms with E-state index >= 15 is 0 Å². The first-order chi connectivity index (χ1) is 14.3. The molecule has 0 amide bonds. The molecule has 0 saturated carbocycles. The molecule has 0 spiro atoms. The fourth-order valence-electron chi connectivity index (χ4n) is 3.34. The van der Waals surface area contributed by atoms with Gasteiger partial charge in [-0.2, -0.15) is 0 Å². The van der Waals surface area contributed by atoms with Crippen molar-refractivity contribution in [3.8, 4) is 45.4 Å². The molecule has 0 aliphatic heterocycles. The summed E-state index contributed by atoms with van der Waals surface area (Å²) in [4.78, 5) is 9.59. The van der Waals surface area contributed by atoms with E-state index in [4.69, 9.17) is 9.97 Å². The van der Waals surface area contributed by atoms with E-state index < -0.39 is 0 Å². The van der Waals surface area contributed by atoms with Crippen LogP contribution in [0.1, 0.15) is 26.3 Å². The minimum absolute atomic E-state index is 0. The standard InChI is InChI=1S/C26H24N2O2.Pt/c1-26(2,3)17-15-22(19-10-5-7-14-25(19)30)28-23(16-17)21-12-8-11-20(27-21)18-9-4-6-13-24(18)29;/h4-16,29-30H,1-3H3;. The molecule has 2 aromatic heterocycles. The van der Waals surface area contributed by atoms with Crippen LogP contribution in [0.15, 0.2) is 78.9 Å². The van der Waals surface area contributed by atoms with Gasteiger partial charge in [-0.25, -0.2) is 9.97 Å². The zero-order valence-corrected chi connectivity index (χ0v) is 19.9. The first kappa shape index (κ1) is 22.7. The van der Waals surface area contributed by atoms with Gasteiger partial charge in [0.15, 0.2) is 0 Å². The average Bonchev–Trinajstić information content (AvgIpc) is 2.73. The van der Waals surface area contributed by atoms with Crippen molar-refractivity contribution in [2.45, 2.75) is 26.2 Å². The number of nitrogens with zero attached hydrogens (tertiary/aromatic N) is 2. The van der Waals surface area contributed by atoms with Gasteiger partial charge in [0.05, 0.1) is 22.8 Å². The van der Waals surface area contributed by atoms with Crippen LogP contribution in [0.4, 0.5) is 0 Å². The van der Waals surface area contributed by atoms with Crippen molar-refractivity contribution in [1.29, 1.82) is 0 Å². The van der Waals surface area contributed by atoms with Gasteiger partial charge in [-0.05, 0) is 59.5 Å². The van der Waals surface area contributed by atoms with Gasteiger partial charge in [-0.15, -0.1) is 0 Å². The first-order valence-electron chi connectivity index (χ1n) is 9.90. The van der Waals surface area contributed by atoms with Gasteiger partial charge in [0, 0.05) is 32.2 Å². The number of rotatable bonds is 3. The van der Waals surface area contributed by atoms with Crippen molar-refractivity contribution in [3.05, 3.63) is 84.4 Å². The van der Waals surface area contributed by atoms with E-state index in [1.807, 2.05) is 54.6 Å². The normalized spacial score (nSPS) is 11.1. The number of para-hydroxylation sites is 2. The summed E-state index contributed by atoms with van der Waals surface area (Å²) in [5.41, 5.74) is 5.15. The summed E-state index contributed by atoms with van der Waals surface area (Å²) in [6, 6.07) is 24.1. The van der Waals surface area contributed by atoms with Crippen molar-refractivity contribution in [1.82, 2.24) is 9.97 Å². The first-order valence-corrected chi connectivity index (χ1v) is 9.90. The third kappa shape index (κ3) is 4.86. The van der Waals surface area contributed by atoms with Gasteiger partial charge in [0.1, 0.15) is 11.5 Å².